The van der Waals surface area contributed by atoms with Crippen LogP contribution in [0.3, 0.4) is 0 Å². The van der Waals surface area contributed by atoms with Gasteiger partial charge in [0.2, 0.25) is 0 Å². The highest BCUT2D eigenvalue weighted by molar-refractivity contribution is 5.71. The van der Waals surface area contributed by atoms with Gasteiger partial charge in [-0.2, -0.15) is 13.2 Å². The molecule has 1 aliphatic rings. The van der Waals surface area contributed by atoms with E-state index in [1.165, 1.54) is 24.3 Å². The SMILES string of the molecule is C=C1C=C(C)N(Cc2cc(F)ccc2OCCC[C@@H](C)CC(=O)O)C(c2ccc(C(F)(F)F)cc2)=C1. The van der Waals surface area contributed by atoms with Crippen LogP contribution in [0.4, 0.5) is 17.6 Å². The Labute approximate surface area is 208 Å². The molecular weight excluding hydrogens is 474 g/mol. The Hall–Kier alpha value is -3.55. The summed E-state index contributed by atoms with van der Waals surface area (Å²) in [6.45, 7) is 8.26. The van der Waals surface area contributed by atoms with Crippen LogP contribution in [0.2, 0.25) is 0 Å². The zero-order chi connectivity index (χ0) is 26.5. The minimum atomic E-state index is -4.43. The molecule has 36 heavy (non-hydrogen) atoms. The minimum Gasteiger partial charge on any atom is -0.493 e. The van der Waals surface area contributed by atoms with Gasteiger partial charge in [-0.25, -0.2) is 4.39 Å². The molecule has 0 aliphatic carbocycles. The Morgan fingerprint density at radius 1 is 1.14 bits per heavy atom. The summed E-state index contributed by atoms with van der Waals surface area (Å²) in [6, 6.07) is 9.13. The number of hydrogen-bond acceptors (Lipinski definition) is 3. The summed E-state index contributed by atoms with van der Waals surface area (Å²) in [4.78, 5) is 12.7. The number of carbonyl (C=O) groups is 1. The van der Waals surface area contributed by atoms with E-state index in [-0.39, 0.29) is 18.9 Å². The van der Waals surface area contributed by atoms with E-state index < -0.39 is 23.5 Å². The zero-order valence-corrected chi connectivity index (χ0v) is 20.2. The van der Waals surface area contributed by atoms with E-state index in [4.69, 9.17) is 9.84 Å². The molecule has 1 N–H and O–H groups in total. The molecule has 1 aliphatic heterocycles. The lowest BCUT2D eigenvalue weighted by Gasteiger charge is -2.32. The number of allylic oxidation sites excluding steroid dienone is 4. The number of rotatable bonds is 10. The molecule has 0 unspecified atom stereocenters. The number of carboxylic acids is 1. The first kappa shape index (κ1) is 27.0. The second kappa shape index (κ2) is 11.5. The molecule has 0 spiro atoms. The van der Waals surface area contributed by atoms with Crippen LogP contribution < -0.4 is 4.74 Å². The summed E-state index contributed by atoms with van der Waals surface area (Å²) in [5.41, 5.74) is 2.56. The van der Waals surface area contributed by atoms with Crippen LogP contribution >= 0.6 is 0 Å². The number of alkyl halides is 3. The average molecular weight is 504 g/mol. The molecule has 2 aromatic rings. The van der Waals surface area contributed by atoms with Crippen LogP contribution in [0.5, 0.6) is 5.75 Å². The third-order valence-corrected chi connectivity index (χ3v) is 5.91. The van der Waals surface area contributed by atoms with E-state index in [0.29, 0.717) is 47.6 Å². The van der Waals surface area contributed by atoms with E-state index >= 15 is 0 Å². The van der Waals surface area contributed by atoms with Crippen molar-refractivity contribution in [2.75, 3.05) is 6.61 Å². The van der Waals surface area contributed by atoms with E-state index in [9.17, 15) is 22.4 Å². The predicted octanol–water partition coefficient (Wildman–Crippen LogP) is 7.43. The Kier molecular flexibility index (Phi) is 8.61. The Bertz CT molecular complexity index is 1170. The standard InChI is InChI=1S/C28H29F4NO3/c1-18(15-27(34)35)5-4-12-36-26-11-10-24(29)16-22(26)17-33-20(3)13-19(2)14-25(33)21-6-8-23(9-7-21)28(30,31)32/h6-11,13-14,16,18H,2,4-5,12,15,17H2,1,3H3,(H,34,35)/t18-/m1/s1. The summed E-state index contributed by atoms with van der Waals surface area (Å²) >= 11 is 0. The molecular formula is C28H29F4NO3. The van der Waals surface area contributed by atoms with Gasteiger partial charge < -0.3 is 14.7 Å². The van der Waals surface area contributed by atoms with Gasteiger partial charge in [-0.3, -0.25) is 4.79 Å². The fraction of sp³-hybridized carbons (Fsp3) is 0.321. The number of halogens is 4. The van der Waals surface area contributed by atoms with Gasteiger partial charge in [0.15, 0.2) is 0 Å². The maximum Gasteiger partial charge on any atom is 0.416 e. The minimum absolute atomic E-state index is 0.0180. The van der Waals surface area contributed by atoms with E-state index in [1.807, 2.05) is 24.8 Å². The van der Waals surface area contributed by atoms with Gasteiger partial charge in [0.25, 0.3) is 0 Å². The van der Waals surface area contributed by atoms with Crippen LogP contribution in [-0.2, 0) is 17.5 Å². The number of ether oxygens (including phenoxy) is 1. The smallest absolute Gasteiger partial charge is 0.416 e. The van der Waals surface area contributed by atoms with Gasteiger partial charge in [0.05, 0.1) is 18.7 Å². The third kappa shape index (κ3) is 7.23. The maximum atomic E-state index is 14.2. The molecule has 4 nitrogen and oxygen atoms in total. The van der Waals surface area contributed by atoms with Crippen molar-refractivity contribution in [1.29, 1.82) is 0 Å². The maximum absolute atomic E-state index is 14.2. The predicted molar refractivity (Wildman–Crippen MR) is 130 cm³/mol. The zero-order valence-electron chi connectivity index (χ0n) is 20.2. The lowest BCUT2D eigenvalue weighted by atomic mass is 10.0. The first-order valence-electron chi connectivity index (χ1n) is 11.6. The number of benzene rings is 2. The van der Waals surface area contributed by atoms with Crippen LogP contribution in [0, 0.1) is 11.7 Å². The molecule has 1 atom stereocenters. The van der Waals surface area contributed by atoms with Gasteiger partial charge in [-0.1, -0.05) is 25.6 Å². The number of carboxylic acid groups (broad SMARTS) is 1. The first-order chi connectivity index (χ1) is 16.9. The molecule has 3 rings (SSSR count). The number of hydrogen-bond donors (Lipinski definition) is 1. The van der Waals surface area contributed by atoms with Crippen molar-refractivity contribution in [3.63, 3.8) is 0 Å². The van der Waals surface area contributed by atoms with Crippen molar-refractivity contribution in [1.82, 2.24) is 4.90 Å². The molecule has 1 heterocycles. The first-order valence-corrected chi connectivity index (χ1v) is 11.6. The summed E-state index contributed by atoms with van der Waals surface area (Å²) in [5.74, 6) is -0.764. The molecule has 0 fully saturated rings. The van der Waals surface area contributed by atoms with Crippen molar-refractivity contribution >= 4 is 11.7 Å². The van der Waals surface area contributed by atoms with Gasteiger partial charge in [0.1, 0.15) is 11.6 Å². The summed E-state index contributed by atoms with van der Waals surface area (Å²) in [7, 11) is 0. The van der Waals surface area contributed by atoms with E-state index in [2.05, 4.69) is 6.58 Å². The van der Waals surface area contributed by atoms with Crippen LogP contribution in [0.25, 0.3) is 5.70 Å². The fourth-order valence-corrected chi connectivity index (χ4v) is 4.11. The molecule has 2 aromatic carbocycles. The van der Waals surface area contributed by atoms with Crippen molar-refractivity contribution in [2.45, 2.75) is 45.8 Å². The summed E-state index contributed by atoms with van der Waals surface area (Å²) in [6.07, 6.45) is 0.602. The molecule has 0 aromatic heterocycles. The van der Waals surface area contributed by atoms with Crippen molar-refractivity contribution in [3.05, 3.63) is 95.0 Å². The molecule has 0 saturated heterocycles. The molecule has 0 amide bonds. The fourth-order valence-electron chi connectivity index (χ4n) is 4.11. The average Bonchev–Trinajstić information content (AvgIpc) is 2.78. The van der Waals surface area contributed by atoms with E-state index in [1.54, 1.807) is 12.1 Å². The largest absolute Gasteiger partial charge is 0.493 e. The number of aliphatic carboxylic acids is 1. The summed E-state index contributed by atoms with van der Waals surface area (Å²) in [5, 5.41) is 8.89. The summed E-state index contributed by atoms with van der Waals surface area (Å²) < 4.78 is 59.2. The Balaban J connectivity index is 1.79. The quantitative estimate of drug-likeness (QED) is 0.271. The lowest BCUT2D eigenvalue weighted by molar-refractivity contribution is -0.138. The molecule has 0 saturated carbocycles. The van der Waals surface area contributed by atoms with Gasteiger partial charge in [0, 0.05) is 23.4 Å². The van der Waals surface area contributed by atoms with Gasteiger partial charge in [-0.15, -0.1) is 0 Å². The highest BCUT2D eigenvalue weighted by Gasteiger charge is 2.30. The van der Waals surface area contributed by atoms with E-state index in [0.717, 1.165) is 17.8 Å². The van der Waals surface area contributed by atoms with Crippen LogP contribution in [0.15, 0.2) is 72.5 Å². The highest BCUT2D eigenvalue weighted by Crippen LogP contribution is 2.35. The van der Waals surface area contributed by atoms with Crippen LogP contribution in [0.1, 0.15) is 49.8 Å². The molecule has 0 radical (unpaired) electrons. The Morgan fingerprint density at radius 2 is 1.83 bits per heavy atom. The second-order valence-electron chi connectivity index (χ2n) is 9.00. The number of nitrogens with zero attached hydrogens (tertiary/aromatic N) is 1. The molecule has 8 heteroatoms. The van der Waals surface area contributed by atoms with Gasteiger partial charge >= 0.3 is 12.1 Å². The monoisotopic (exact) mass is 503 g/mol. The topological polar surface area (TPSA) is 49.8 Å². The second-order valence-corrected chi connectivity index (χ2v) is 9.00. The van der Waals surface area contributed by atoms with Crippen molar-refractivity contribution in [3.8, 4) is 5.75 Å². The van der Waals surface area contributed by atoms with Crippen molar-refractivity contribution < 1.29 is 32.2 Å². The van der Waals surface area contributed by atoms with Crippen LogP contribution in [-0.4, -0.2) is 22.6 Å². The normalized spacial score (nSPS) is 14.8. The lowest BCUT2D eigenvalue weighted by Crippen LogP contribution is -2.23. The molecule has 0 bridgehead atoms. The third-order valence-electron chi connectivity index (χ3n) is 5.91. The molecule has 192 valence electrons. The van der Waals surface area contributed by atoms with Gasteiger partial charge in [-0.05, 0) is 79.3 Å². The highest BCUT2D eigenvalue weighted by atomic mass is 19.4. The van der Waals surface area contributed by atoms with Crippen molar-refractivity contribution in [2.24, 2.45) is 5.92 Å². The Morgan fingerprint density at radius 3 is 2.47 bits per heavy atom.